The predicted octanol–water partition coefficient (Wildman–Crippen LogP) is 6.40. The lowest BCUT2D eigenvalue weighted by molar-refractivity contribution is -0.116. The van der Waals surface area contributed by atoms with E-state index in [1.165, 1.54) is 38.5 Å². The van der Waals surface area contributed by atoms with Crippen molar-refractivity contribution in [2.24, 2.45) is 0 Å². The van der Waals surface area contributed by atoms with Crippen LogP contribution in [0, 0.1) is 0 Å². The number of nitrogens with zero attached hydrogens (tertiary/aromatic N) is 3. The lowest BCUT2D eigenvalue weighted by Gasteiger charge is -2.04. The van der Waals surface area contributed by atoms with Gasteiger partial charge in [0.05, 0.1) is 5.69 Å². The molecular formula is C25H32N4O. The Morgan fingerprint density at radius 3 is 2.07 bits per heavy atom. The molecule has 0 saturated heterocycles. The van der Waals surface area contributed by atoms with Crippen molar-refractivity contribution in [2.75, 3.05) is 5.32 Å². The number of hydrogen-bond acceptors (Lipinski definition) is 3. The summed E-state index contributed by atoms with van der Waals surface area (Å²) in [7, 11) is 0. The lowest BCUT2D eigenvalue weighted by atomic mass is 10.1. The van der Waals surface area contributed by atoms with Gasteiger partial charge in [0.25, 0.3) is 0 Å². The summed E-state index contributed by atoms with van der Waals surface area (Å²) >= 11 is 0. The summed E-state index contributed by atoms with van der Waals surface area (Å²) < 4.78 is 0. The smallest absolute Gasteiger partial charge is 0.225 e. The highest BCUT2D eigenvalue weighted by Crippen LogP contribution is 2.25. The Morgan fingerprint density at radius 1 is 0.800 bits per heavy atom. The van der Waals surface area contributed by atoms with Gasteiger partial charge < -0.3 is 5.32 Å². The van der Waals surface area contributed by atoms with E-state index in [-0.39, 0.29) is 5.91 Å². The van der Waals surface area contributed by atoms with Gasteiger partial charge in [0.2, 0.25) is 5.91 Å². The number of carbonyl (C=O) groups excluding carboxylic acids is 1. The fourth-order valence-electron chi connectivity index (χ4n) is 3.47. The number of unbranched alkanes of at least 4 members (excludes halogenated alkanes) is 7. The van der Waals surface area contributed by atoms with Gasteiger partial charge in [0.15, 0.2) is 5.82 Å². The van der Waals surface area contributed by atoms with E-state index < -0.39 is 0 Å². The number of para-hydroxylation sites is 1. The summed E-state index contributed by atoms with van der Waals surface area (Å²) in [5.74, 6) is 0.507. The quantitative estimate of drug-likeness (QED) is 0.355. The van der Waals surface area contributed by atoms with Crippen LogP contribution in [0.2, 0.25) is 0 Å². The Morgan fingerprint density at radius 2 is 1.40 bits per heavy atom. The van der Waals surface area contributed by atoms with Crippen LogP contribution in [-0.4, -0.2) is 20.9 Å². The van der Waals surface area contributed by atoms with E-state index in [1.54, 1.807) is 4.80 Å². The van der Waals surface area contributed by atoms with Crippen LogP contribution >= 0.6 is 0 Å². The fraction of sp³-hybridized carbons (Fsp3) is 0.400. The van der Waals surface area contributed by atoms with Gasteiger partial charge in [0, 0.05) is 12.0 Å². The molecule has 0 unspecified atom stereocenters. The van der Waals surface area contributed by atoms with Crippen LogP contribution in [-0.2, 0) is 4.79 Å². The van der Waals surface area contributed by atoms with Gasteiger partial charge in [-0.05, 0) is 18.6 Å². The third kappa shape index (κ3) is 6.55. The van der Waals surface area contributed by atoms with Gasteiger partial charge in [-0.3, -0.25) is 4.79 Å². The molecule has 1 aromatic heterocycles. The fourth-order valence-corrected chi connectivity index (χ4v) is 3.47. The SMILES string of the molecule is CCCCCCCCCCC(=O)Nc1nn(-c2ccccc2)nc1-c1ccccc1. The van der Waals surface area contributed by atoms with Crippen molar-refractivity contribution in [1.82, 2.24) is 15.0 Å². The largest absolute Gasteiger partial charge is 0.307 e. The Labute approximate surface area is 179 Å². The highest BCUT2D eigenvalue weighted by Gasteiger charge is 2.16. The molecule has 3 aromatic rings. The van der Waals surface area contributed by atoms with E-state index in [0.29, 0.717) is 17.9 Å². The number of nitrogens with one attached hydrogen (secondary N) is 1. The van der Waals surface area contributed by atoms with Crippen LogP contribution in [0.4, 0.5) is 5.82 Å². The second-order valence-corrected chi connectivity index (χ2v) is 7.66. The van der Waals surface area contributed by atoms with Gasteiger partial charge in [-0.25, -0.2) is 0 Å². The van der Waals surface area contributed by atoms with Gasteiger partial charge in [0.1, 0.15) is 5.69 Å². The number of anilines is 1. The molecule has 3 rings (SSSR count). The monoisotopic (exact) mass is 404 g/mol. The molecule has 0 spiro atoms. The molecule has 0 aliphatic rings. The maximum absolute atomic E-state index is 12.5. The number of carbonyl (C=O) groups is 1. The molecule has 5 heteroatoms. The zero-order valence-corrected chi connectivity index (χ0v) is 17.9. The topological polar surface area (TPSA) is 59.8 Å². The summed E-state index contributed by atoms with van der Waals surface area (Å²) in [6, 6.07) is 19.6. The summed E-state index contributed by atoms with van der Waals surface area (Å²) in [5.41, 5.74) is 2.48. The van der Waals surface area contributed by atoms with Crippen LogP contribution in [0.25, 0.3) is 16.9 Å². The van der Waals surface area contributed by atoms with E-state index in [4.69, 9.17) is 0 Å². The molecule has 1 N–H and O–H groups in total. The zero-order valence-electron chi connectivity index (χ0n) is 17.9. The Bertz CT molecular complexity index is 890. The number of hydrogen-bond donors (Lipinski definition) is 1. The molecule has 5 nitrogen and oxygen atoms in total. The van der Waals surface area contributed by atoms with Gasteiger partial charge in [-0.2, -0.15) is 0 Å². The molecular weight excluding hydrogens is 372 g/mol. The number of benzene rings is 2. The first-order valence-electron chi connectivity index (χ1n) is 11.2. The highest BCUT2D eigenvalue weighted by atomic mass is 16.1. The molecule has 1 heterocycles. The molecule has 30 heavy (non-hydrogen) atoms. The first-order chi connectivity index (χ1) is 14.8. The average molecular weight is 405 g/mol. The Kier molecular flexibility index (Phi) is 8.63. The van der Waals surface area contributed by atoms with E-state index >= 15 is 0 Å². The van der Waals surface area contributed by atoms with Crippen LogP contribution < -0.4 is 5.32 Å². The standard InChI is InChI=1S/C25H32N4O/c1-2-3-4-5-6-7-8-15-20-23(30)26-25-24(21-16-11-9-12-17-21)27-29(28-25)22-18-13-10-14-19-22/h9-14,16-19H,2-8,15,20H2,1H3,(H,26,28,30). The molecule has 0 radical (unpaired) electrons. The summed E-state index contributed by atoms with van der Waals surface area (Å²) in [4.78, 5) is 14.1. The van der Waals surface area contributed by atoms with E-state index in [2.05, 4.69) is 22.4 Å². The molecule has 158 valence electrons. The maximum atomic E-state index is 12.5. The molecule has 0 fully saturated rings. The van der Waals surface area contributed by atoms with E-state index in [9.17, 15) is 4.79 Å². The first kappa shape index (κ1) is 21.8. The van der Waals surface area contributed by atoms with Crippen molar-refractivity contribution in [2.45, 2.75) is 64.7 Å². The van der Waals surface area contributed by atoms with Crippen molar-refractivity contribution in [1.29, 1.82) is 0 Å². The molecule has 0 atom stereocenters. The zero-order chi connectivity index (χ0) is 21.0. The van der Waals surface area contributed by atoms with Crippen molar-refractivity contribution < 1.29 is 4.79 Å². The van der Waals surface area contributed by atoms with Crippen molar-refractivity contribution >= 4 is 11.7 Å². The molecule has 0 aliphatic heterocycles. The van der Waals surface area contributed by atoms with Crippen LogP contribution in [0.3, 0.4) is 0 Å². The third-order valence-electron chi connectivity index (χ3n) is 5.16. The van der Waals surface area contributed by atoms with Crippen molar-refractivity contribution in [3.05, 3.63) is 60.7 Å². The minimum atomic E-state index is -0.00160. The van der Waals surface area contributed by atoms with Crippen molar-refractivity contribution in [3.8, 4) is 16.9 Å². The van der Waals surface area contributed by atoms with Crippen LogP contribution in [0.15, 0.2) is 60.7 Å². The third-order valence-corrected chi connectivity index (χ3v) is 5.16. The Hall–Kier alpha value is -2.95. The van der Waals surface area contributed by atoms with Gasteiger partial charge >= 0.3 is 0 Å². The molecule has 1 amide bonds. The van der Waals surface area contributed by atoms with E-state index in [0.717, 1.165) is 24.1 Å². The van der Waals surface area contributed by atoms with Gasteiger partial charge in [-0.15, -0.1) is 15.0 Å². The minimum absolute atomic E-state index is 0.00160. The normalized spacial score (nSPS) is 10.8. The number of aromatic nitrogens is 3. The second kappa shape index (κ2) is 11.9. The Balaban J connectivity index is 1.59. The summed E-state index contributed by atoms with van der Waals surface area (Å²) in [5, 5.41) is 12.2. The van der Waals surface area contributed by atoms with E-state index in [1.807, 2.05) is 60.7 Å². The highest BCUT2D eigenvalue weighted by molar-refractivity contribution is 5.93. The lowest BCUT2D eigenvalue weighted by Crippen LogP contribution is -2.12. The predicted molar refractivity (Wildman–Crippen MR) is 123 cm³/mol. The van der Waals surface area contributed by atoms with Crippen molar-refractivity contribution in [3.63, 3.8) is 0 Å². The van der Waals surface area contributed by atoms with Gasteiger partial charge in [-0.1, -0.05) is 100 Å². The maximum Gasteiger partial charge on any atom is 0.225 e. The first-order valence-corrected chi connectivity index (χ1v) is 11.2. The average Bonchev–Trinajstić information content (AvgIpc) is 3.20. The summed E-state index contributed by atoms with van der Waals surface area (Å²) in [6.45, 7) is 2.24. The molecule has 2 aromatic carbocycles. The number of amides is 1. The number of rotatable bonds is 12. The van der Waals surface area contributed by atoms with Crippen LogP contribution in [0.5, 0.6) is 0 Å². The minimum Gasteiger partial charge on any atom is -0.307 e. The molecule has 0 saturated carbocycles. The second-order valence-electron chi connectivity index (χ2n) is 7.66. The molecule has 0 aliphatic carbocycles. The van der Waals surface area contributed by atoms with Crippen LogP contribution in [0.1, 0.15) is 64.7 Å². The summed E-state index contributed by atoms with van der Waals surface area (Å²) in [6.07, 6.45) is 10.2. The molecule has 0 bridgehead atoms.